The van der Waals surface area contributed by atoms with Gasteiger partial charge in [0.1, 0.15) is 10.9 Å². The smallest absolute Gasteiger partial charge is 0.322 e. The number of carbonyl (C=O) groups is 1. The van der Waals surface area contributed by atoms with Crippen molar-refractivity contribution in [2.24, 2.45) is 0 Å². The van der Waals surface area contributed by atoms with E-state index in [1.165, 1.54) is 4.57 Å². The van der Waals surface area contributed by atoms with Gasteiger partial charge < -0.3 is 14.9 Å². The summed E-state index contributed by atoms with van der Waals surface area (Å²) in [5.41, 5.74) is 1.65. The lowest BCUT2D eigenvalue weighted by Crippen LogP contribution is -2.27. The van der Waals surface area contributed by atoms with Crippen LogP contribution in [0.3, 0.4) is 0 Å². The molecule has 1 aromatic rings. The molecule has 6 heteroatoms. The molecule has 114 valence electrons. The molecule has 2 unspecified atom stereocenters. The van der Waals surface area contributed by atoms with Gasteiger partial charge in [-0.05, 0) is 20.3 Å². The fraction of sp³-hybridized carbons (Fsp3) is 0.533. The van der Waals surface area contributed by atoms with Crippen molar-refractivity contribution < 1.29 is 19.7 Å². The molecule has 1 aromatic heterocycles. The predicted octanol–water partition coefficient (Wildman–Crippen LogP) is 2.76. The third-order valence-electron chi connectivity index (χ3n) is 4.14. The number of ether oxygens (including phenoxy) is 1. The molecule has 0 fully saturated rings. The van der Waals surface area contributed by atoms with E-state index in [4.69, 9.17) is 4.74 Å². The molecule has 0 aliphatic heterocycles. The predicted molar refractivity (Wildman–Crippen MR) is 81.0 cm³/mol. The lowest BCUT2D eigenvalue weighted by molar-refractivity contribution is -0.145. The fourth-order valence-corrected chi connectivity index (χ4v) is 3.22. The van der Waals surface area contributed by atoms with Gasteiger partial charge in [-0.3, -0.25) is 9.36 Å². The molecule has 2 N–H and O–H groups in total. The second-order valence-electron chi connectivity index (χ2n) is 6.07. The maximum Gasteiger partial charge on any atom is 0.322 e. The summed E-state index contributed by atoms with van der Waals surface area (Å²) in [5.74, 6) is 0.201. The number of carbonyl (C=O) groups excluding carboxylic acids is 1. The Labute approximate surface area is 131 Å². The summed E-state index contributed by atoms with van der Waals surface area (Å²) in [6, 6.07) is 0. The van der Waals surface area contributed by atoms with Gasteiger partial charge in [0, 0.05) is 23.0 Å². The Bertz CT molecular complexity index is 591. The quantitative estimate of drug-likeness (QED) is 0.494. The number of alkyl halides is 1. The first kappa shape index (κ1) is 14.5. The zero-order valence-corrected chi connectivity index (χ0v) is 13.6. The molecule has 2 atom stereocenters. The van der Waals surface area contributed by atoms with E-state index in [0.717, 1.165) is 17.5 Å². The van der Waals surface area contributed by atoms with E-state index in [1.54, 1.807) is 13.8 Å². The molecule has 5 nitrogen and oxygen atoms in total. The van der Waals surface area contributed by atoms with Gasteiger partial charge in [-0.25, -0.2) is 0 Å². The number of hydrogen-bond acceptors (Lipinski definition) is 4. The van der Waals surface area contributed by atoms with Gasteiger partial charge >= 0.3 is 5.97 Å². The van der Waals surface area contributed by atoms with Crippen LogP contribution in [0.15, 0.2) is 12.2 Å². The standard InChI is InChI=1S/C15H18BrNO4/c1-15(2,16)14(20)21-6-5-17-12(18)10-8-3-4-9(7-8)11(10)13(17)19/h3-4,8-9,18-19H,5-7H2,1-2H3. The van der Waals surface area contributed by atoms with Crippen molar-refractivity contribution in [1.82, 2.24) is 4.57 Å². The molecule has 0 radical (unpaired) electrons. The average Bonchev–Trinajstić information content (AvgIpc) is 3.06. The summed E-state index contributed by atoms with van der Waals surface area (Å²) in [5, 5.41) is 20.6. The van der Waals surface area contributed by atoms with Gasteiger partial charge in [-0.2, -0.15) is 0 Å². The second kappa shape index (κ2) is 4.80. The van der Waals surface area contributed by atoms with Gasteiger partial charge in [-0.1, -0.05) is 28.1 Å². The van der Waals surface area contributed by atoms with Gasteiger partial charge in [-0.15, -0.1) is 0 Å². The number of rotatable bonds is 4. The molecule has 21 heavy (non-hydrogen) atoms. The minimum atomic E-state index is -0.738. The van der Waals surface area contributed by atoms with E-state index in [9.17, 15) is 15.0 Å². The Morgan fingerprint density at radius 3 is 2.33 bits per heavy atom. The van der Waals surface area contributed by atoms with Crippen molar-refractivity contribution in [3.63, 3.8) is 0 Å². The molecule has 0 amide bonds. The van der Waals surface area contributed by atoms with Crippen molar-refractivity contribution in [1.29, 1.82) is 0 Å². The Morgan fingerprint density at radius 1 is 1.33 bits per heavy atom. The Kier molecular flexibility index (Phi) is 3.31. The molecule has 2 bridgehead atoms. The highest BCUT2D eigenvalue weighted by Gasteiger charge is 2.40. The zero-order valence-electron chi connectivity index (χ0n) is 12.0. The molecule has 0 spiro atoms. The number of hydrogen-bond donors (Lipinski definition) is 2. The van der Waals surface area contributed by atoms with Crippen LogP contribution in [0.5, 0.6) is 11.8 Å². The highest BCUT2D eigenvalue weighted by atomic mass is 79.9. The minimum absolute atomic E-state index is 0.0912. The molecular formula is C15H18BrNO4. The number of fused-ring (bicyclic) bond motifs is 5. The minimum Gasteiger partial charge on any atom is -0.494 e. The van der Waals surface area contributed by atoms with Crippen LogP contribution in [0, 0.1) is 0 Å². The Balaban J connectivity index is 1.73. The number of esters is 1. The second-order valence-corrected chi connectivity index (χ2v) is 8.05. The molecule has 0 aromatic carbocycles. The first-order chi connectivity index (χ1) is 9.80. The van der Waals surface area contributed by atoms with Crippen LogP contribution in [-0.2, 0) is 16.1 Å². The van der Waals surface area contributed by atoms with Crippen LogP contribution in [0.25, 0.3) is 0 Å². The SMILES string of the molecule is CC(C)(Br)C(=O)OCCn1c(O)c2c(c1O)C1C=CC2C1. The lowest BCUT2D eigenvalue weighted by Gasteiger charge is -2.15. The summed E-state index contributed by atoms with van der Waals surface area (Å²) < 4.78 is 5.83. The monoisotopic (exact) mass is 355 g/mol. The highest BCUT2D eigenvalue weighted by molar-refractivity contribution is 9.10. The highest BCUT2D eigenvalue weighted by Crippen LogP contribution is 2.56. The van der Waals surface area contributed by atoms with Gasteiger partial charge in [0.25, 0.3) is 0 Å². The van der Waals surface area contributed by atoms with Crippen LogP contribution in [0.1, 0.15) is 43.2 Å². The van der Waals surface area contributed by atoms with Crippen molar-refractivity contribution in [2.45, 2.75) is 43.0 Å². The van der Waals surface area contributed by atoms with E-state index in [-0.39, 0.29) is 42.7 Å². The average molecular weight is 356 g/mol. The Hall–Kier alpha value is -1.43. The summed E-state index contributed by atoms with van der Waals surface area (Å²) in [4.78, 5) is 11.7. The van der Waals surface area contributed by atoms with Gasteiger partial charge in [0.05, 0.1) is 6.54 Å². The summed E-state index contributed by atoms with van der Waals surface area (Å²) in [7, 11) is 0. The van der Waals surface area contributed by atoms with E-state index in [2.05, 4.69) is 28.1 Å². The van der Waals surface area contributed by atoms with Crippen LogP contribution in [0.2, 0.25) is 0 Å². The normalized spacial score (nSPS) is 22.6. The maximum atomic E-state index is 11.7. The summed E-state index contributed by atoms with van der Waals surface area (Å²) >= 11 is 3.23. The number of halogens is 1. The largest absolute Gasteiger partial charge is 0.494 e. The molecule has 3 rings (SSSR count). The van der Waals surface area contributed by atoms with E-state index in [0.29, 0.717) is 0 Å². The molecule has 0 saturated carbocycles. The third-order valence-corrected chi connectivity index (χ3v) is 4.47. The molecule has 1 heterocycles. The zero-order chi connectivity index (χ0) is 15.4. The van der Waals surface area contributed by atoms with Crippen molar-refractivity contribution in [2.75, 3.05) is 6.61 Å². The Morgan fingerprint density at radius 2 is 1.86 bits per heavy atom. The number of aromatic hydroxyl groups is 2. The lowest BCUT2D eigenvalue weighted by atomic mass is 10.0. The molecule has 0 saturated heterocycles. The molecule has 2 aliphatic rings. The maximum absolute atomic E-state index is 11.7. The number of aromatic nitrogens is 1. The van der Waals surface area contributed by atoms with E-state index >= 15 is 0 Å². The van der Waals surface area contributed by atoms with Gasteiger partial charge in [0.2, 0.25) is 0 Å². The third kappa shape index (κ3) is 2.25. The van der Waals surface area contributed by atoms with Gasteiger partial charge in [0.15, 0.2) is 11.8 Å². The summed E-state index contributed by atoms with van der Waals surface area (Å²) in [6.45, 7) is 3.75. The van der Waals surface area contributed by atoms with Crippen LogP contribution in [-0.4, -0.2) is 31.7 Å². The van der Waals surface area contributed by atoms with Crippen LogP contribution < -0.4 is 0 Å². The number of nitrogens with zero attached hydrogens (tertiary/aromatic N) is 1. The number of allylic oxidation sites excluding steroid dienone is 2. The molecule has 2 aliphatic carbocycles. The van der Waals surface area contributed by atoms with Crippen molar-refractivity contribution >= 4 is 21.9 Å². The van der Waals surface area contributed by atoms with Crippen LogP contribution >= 0.6 is 15.9 Å². The fourth-order valence-electron chi connectivity index (χ4n) is 3.10. The van der Waals surface area contributed by atoms with E-state index < -0.39 is 4.32 Å². The van der Waals surface area contributed by atoms with E-state index in [1.807, 2.05) is 0 Å². The molecular weight excluding hydrogens is 338 g/mol. The first-order valence-electron chi connectivity index (χ1n) is 6.99. The van der Waals surface area contributed by atoms with Crippen molar-refractivity contribution in [3.8, 4) is 11.8 Å². The van der Waals surface area contributed by atoms with Crippen LogP contribution in [0.4, 0.5) is 0 Å². The van der Waals surface area contributed by atoms with Crippen molar-refractivity contribution in [3.05, 3.63) is 23.3 Å². The first-order valence-corrected chi connectivity index (χ1v) is 7.78. The topological polar surface area (TPSA) is 71.7 Å². The summed E-state index contributed by atoms with van der Waals surface area (Å²) in [6.07, 6.45) is 5.08.